The molecule has 1 aliphatic rings. The number of nitrogens with zero attached hydrogens (tertiary/aromatic N) is 4. The first-order chi connectivity index (χ1) is 16.5. The fourth-order valence-corrected chi connectivity index (χ4v) is 5.84. The Bertz CT molecular complexity index is 1430. The number of sulfonamides is 1. The fraction of sp³-hybridized carbons (Fsp3) is 0.174. The Morgan fingerprint density at radius 2 is 1.69 bits per heavy atom. The van der Waals surface area contributed by atoms with Crippen molar-refractivity contribution in [3.63, 3.8) is 0 Å². The zero-order valence-corrected chi connectivity index (χ0v) is 21.0. The first kappa shape index (κ1) is 25.0. The van der Waals surface area contributed by atoms with E-state index < -0.39 is 10.0 Å². The number of nitrogens with one attached hydrogen (secondary N) is 2. The number of nitrogens with two attached hydrogens (primary N) is 1. The van der Waals surface area contributed by atoms with Gasteiger partial charge in [-0.1, -0.05) is 29.6 Å². The number of hydrogen-bond donors (Lipinski definition) is 3. The summed E-state index contributed by atoms with van der Waals surface area (Å²) in [7, 11) is -3.48. The molecule has 0 amide bonds. The third-order valence-corrected chi connectivity index (χ3v) is 8.15. The van der Waals surface area contributed by atoms with Crippen molar-refractivity contribution in [2.75, 3.05) is 37.2 Å². The number of aromatic nitrogens is 3. The van der Waals surface area contributed by atoms with E-state index in [-0.39, 0.29) is 17.3 Å². The molecule has 2 aromatic carbocycles. The maximum absolute atomic E-state index is 12.8. The Hall–Kier alpha value is -3.09. The summed E-state index contributed by atoms with van der Waals surface area (Å²) in [4.78, 5) is 13.2. The van der Waals surface area contributed by atoms with E-state index in [2.05, 4.69) is 25.6 Å². The van der Waals surface area contributed by atoms with Crippen LogP contribution in [-0.4, -0.2) is 53.9 Å². The highest BCUT2D eigenvalue weighted by molar-refractivity contribution is 7.89. The van der Waals surface area contributed by atoms with Gasteiger partial charge in [0.25, 0.3) is 0 Å². The van der Waals surface area contributed by atoms with Crippen LogP contribution in [0.4, 0.5) is 16.8 Å². The number of thiazole rings is 1. The van der Waals surface area contributed by atoms with Crippen LogP contribution < -0.4 is 16.4 Å². The molecule has 0 spiro atoms. The first-order valence-electron chi connectivity index (χ1n) is 10.7. The summed E-state index contributed by atoms with van der Waals surface area (Å²) < 4.78 is 28.1. The minimum atomic E-state index is -3.48. The van der Waals surface area contributed by atoms with Crippen molar-refractivity contribution in [3.8, 4) is 0 Å². The van der Waals surface area contributed by atoms with Crippen molar-refractivity contribution in [2.24, 2.45) is 0 Å². The van der Waals surface area contributed by atoms with E-state index in [0.717, 1.165) is 21.3 Å². The van der Waals surface area contributed by atoms with Gasteiger partial charge in [-0.05, 0) is 42.0 Å². The topological polar surface area (TPSA) is 126 Å². The molecule has 182 valence electrons. The molecule has 0 unspecified atom stereocenters. The Morgan fingerprint density at radius 3 is 2.40 bits per heavy atom. The van der Waals surface area contributed by atoms with Gasteiger partial charge in [0.15, 0.2) is 5.13 Å². The van der Waals surface area contributed by atoms with Crippen molar-refractivity contribution in [1.82, 2.24) is 24.6 Å². The maximum Gasteiger partial charge on any atom is 0.243 e. The summed E-state index contributed by atoms with van der Waals surface area (Å²) in [5.74, 6) is 0.427. The quantitative estimate of drug-likeness (QED) is 0.346. The Kier molecular flexibility index (Phi) is 7.63. The highest BCUT2D eigenvalue weighted by atomic mass is 35.5. The van der Waals surface area contributed by atoms with Gasteiger partial charge in [0, 0.05) is 49.8 Å². The van der Waals surface area contributed by atoms with Crippen LogP contribution in [0.3, 0.4) is 0 Å². The zero-order chi connectivity index (χ0) is 23.5. The molecular weight excluding hydrogens is 506 g/mol. The number of nitrogen functional groups attached to an aromatic ring is 1. The zero-order valence-electron chi connectivity index (χ0n) is 18.6. The normalized spacial score (nSPS) is 14.7. The van der Waals surface area contributed by atoms with Gasteiger partial charge in [-0.2, -0.15) is 4.31 Å². The van der Waals surface area contributed by atoms with E-state index in [1.165, 1.54) is 15.6 Å². The van der Waals surface area contributed by atoms with Crippen molar-refractivity contribution in [1.29, 1.82) is 0 Å². The molecule has 0 radical (unpaired) electrons. The number of hydrogen-bond acceptors (Lipinski definition) is 9. The highest BCUT2D eigenvalue weighted by Crippen LogP contribution is 2.25. The van der Waals surface area contributed by atoms with E-state index in [0.29, 0.717) is 42.9 Å². The Labute approximate surface area is 213 Å². The second-order valence-electron chi connectivity index (χ2n) is 7.76. The van der Waals surface area contributed by atoms with E-state index in [1.54, 1.807) is 36.7 Å². The fourth-order valence-electron chi connectivity index (χ4n) is 3.62. The number of piperazine rings is 1. The third-order valence-electron chi connectivity index (χ3n) is 5.39. The van der Waals surface area contributed by atoms with Crippen molar-refractivity contribution >= 4 is 72.9 Å². The molecule has 0 atom stereocenters. The van der Waals surface area contributed by atoms with Crippen LogP contribution >= 0.6 is 23.7 Å². The Balaban J connectivity index is 0.00000289. The van der Waals surface area contributed by atoms with Crippen LogP contribution in [0, 0.1) is 0 Å². The van der Waals surface area contributed by atoms with Crippen molar-refractivity contribution < 1.29 is 8.42 Å². The average molecular weight is 530 g/mol. The van der Waals surface area contributed by atoms with Gasteiger partial charge in [0.1, 0.15) is 0 Å². The molecule has 5 rings (SSSR count). The lowest BCUT2D eigenvalue weighted by atomic mass is 10.2. The summed E-state index contributed by atoms with van der Waals surface area (Å²) in [6, 6.07) is 12.6. The first-order valence-corrected chi connectivity index (χ1v) is 13.0. The molecule has 4 N–H and O–H groups in total. The van der Waals surface area contributed by atoms with E-state index in [4.69, 9.17) is 5.73 Å². The van der Waals surface area contributed by atoms with E-state index >= 15 is 0 Å². The van der Waals surface area contributed by atoms with Crippen LogP contribution in [0.25, 0.3) is 22.4 Å². The van der Waals surface area contributed by atoms with Gasteiger partial charge in [0.05, 0.1) is 15.1 Å². The number of rotatable bonds is 6. The maximum atomic E-state index is 12.8. The highest BCUT2D eigenvalue weighted by Gasteiger charge is 2.25. The minimum Gasteiger partial charge on any atom is -0.375 e. The summed E-state index contributed by atoms with van der Waals surface area (Å²) in [5, 5.41) is 6.82. The number of fused-ring (bicyclic) bond motifs is 1. The van der Waals surface area contributed by atoms with Crippen LogP contribution in [0.5, 0.6) is 0 Å². The van der Waals surface area contributed by atoms with Crippen molar-refractivity contribution in [2.45, 2.75) is 4.90 Å². The monoisotopic (exact) mass is 529 g/mol. The van der Waals surface area contributed by atoms with Gasteiger partial charge in [-0.25, -0.2) is 23.4 Å². The predicted molar refractivity (Wildman–Crippen MR) is 144 cm³/mol. The van der Waals surface area contributed by atoms with Crippen molar-refractivity contribution in [3.05, 3.63) is 66.0 Å². The van der Waals surface area contributed by atoms with Gasteiger partial charge < -0.3 is 16.4 Å². The average Bonchev–Trinajstić information content (AvgIpc) is 3.24. The smallest absolute Gasteiger partial charge is 0.243 e. The molecule has 3 heterocycles. The van der Waals surface area contributed by atoms with Gasteiger partial charge >= 0.3 is 0 Å². The molecule has 0 saturated carbocycles. The van der Waals surface area contributed by atoms with E-state index in [9.17, 15) is 8.42 Å². The van der Waals surface area contributed by atoms with Crippen LogP contribution in [-0.2, 0) is 10.0 Å². The van der Waals surface area contributed by atoms with Crippen LogP contribution in [0.15, 0.2) is 59.8 Å². The number of anilines is 3. The molecule has 0 bridgehead atoms. The second-order valence-corrected chi connectivity index (χ2v) is 10.8. The minimum absolute atomic E-state index is 0. The molecule has 35 heavy (non-hydrogen) atoms. The molecule has 1 aliphatic heterocycles. The summed E-state index contributed by atoms with van der Waals surface area (Å²) in [5.41, 5.74) is 9.26. The molecule has 1 saturated heterocycles. The largest absolute Gasteiger partial charge is 0.375 e. The standard InChI is InChI=1S/C23H23N7O2S2.ClH/c24-22-29-20-8-3-16(13-21(20)33-22)1-2-17-14-26-23(27-15-17)28-18-4-6-19(7-5-18)34(31,32)30-11-9-25-10-12-30;/h1-8,13-15,25H,9-12H2,(H2,24,29)(H,26,27,28);1H. The summed E-state index contributed by atoms with van der Waals surface area (Å²) >= 11 is 1.46. The van der Waals surface area contributed by atoms with Gasteiger partial charge in [0.2, 0.25) is 16.0 Å². The molecule has 9 nitrogen and oxygen atoms in total. The number of benzene rings is 2. The molecule has 2 aromatic heterocycles. The lowest BCUT2D eigenvalue weighted by Gasteiger charge is -2.26. The van der Waals surface area contributed by atoms with Gasteiger partial charge in [-0.15, -0.1) is 12.4 Å². The molecule has 4 aromatic rings. The number of halogens is 1. The summed E-state index contributed by atoms with van der Waals surface area (Å²) in [6.07, 6.45) is 7.36. The Morgan fingerprint density at radius 1 is 1.00 bits per heavy atom. The molecular formula is C23H24ClN7O2S2. The predicted octanol–water partition coefficient (Wildman–Crippen LogP) is 3.60. The lowest BCUT2D eigenvalue weighted by Crippen LogP contribution is -2.46. The van der Waals surface area contributed by atoms with Crippen LogP contribution in [0.1, 0.15) is 11.1 Å². The molecule has 1 fully saturated rings. The van der Waals surface area contributed by atoms with Gasteiger partial charge in [-0.3, -0.25) is 0 Å². The van der Waals surface area contributed by atoms with Crippen LogP contribution in [0.2, 0.25) is 0 Å². The molecule has 0 aliphatic carbocycles. The SMILES string of the molecule is Cl.Nc1nc2ccc(C=Cc3cnc(Nc4ccc(S(=O)(=O)N5CCNCC5)cc4)nc3)cc2s1. The third kappa shape index (κ3) is 5.77. The van der Waals surface area contributed by atoms with E-state index in [1.807, 2.05) is 30.4 Å². The molecule has 12 heteroatoms. The summed E-state index contributed by atoms with van der Waals surface area (Å²) in [6.45, 7) is 2.28. The lowest BCUT2D eigenvalue weighted by molar-refractivity contribution is 0.360. The second kappa shape index (κ2) is 10.7.